The molecule has 1 aromatic carbocycles. The van der Waals surface area contributed by atoms with E-state index in [4.69, 9.17) is 10.5 Å². The second-order valence-electron chi connectivity index (χ2n) is 4.85. The van der Waals surface area contributed by atoms with Crippen molar-refractivity contribution < 1.29 is 9.13 Å². The lowest BCUT2D eigenvalue weighted by Gasteiger charge is -2.40. The summed E-state index contributed by atoms with van der Waals surface area (Å²) in [6.07, 6.45) is 1.09. The molecule has 0 bridgehead atoms. The molecule has 2 atom stereocenters. The maximum atomic E-state index is 14.1. The van der Waals surface area contributed by atoms with E-state index in [0.29, 0.717) is 18.8 Å². The van der Waals surface area contributed by atoms with Crippen LogP contribution in [0.1, 0.15) is 25.8 Å². The second-order valence-corrected chi connectivity index (χ2v) is 4.85. The fourth-order valence-corrected chi connectivity index (χ4v) is 2.39. The number of rotatable bonds is 3. The summed E-state index contributed by atoms with van der Waals surface area (Å²) in [6.45, 7) is 5.88. The van der Waals surface area contributed by atoms with Gasteiger partial charge in [-0.2, -0.15) is 0 Å². The Morgan fingerprint density at radius 2 is 2.28 bits per heavy atom. The number of anilines is 1. The summed E-state index contributed by atoms with van der Waals surface area (Å²) >= 11 is 0. The van der Waals surface area contributed by atoms with Crippen molar-refractivity contribution in [2.45, 2.75) is 39.0 Å². The van der Waals surface area contributed by atoms with E-state index < -0.39 is 0 Å². The highest BCUT2D eigenvalue weighted by atomic mass is 19.1. The summed E-state index contributed by atoms with van der Waals surface area (Å²) in [5, 5.41) is 0. The van der Waals surface area contributed by atoms with Gasteiger partial charge in [-0.25, -0.2) is 4.39 Å². The van der Waals surface area contributed by atoms with Crippen molar-refractivity contribution in [3.05, 3.63) is 29.6 Å². The van der Waals surface area contributed by atoms with Crippen molar-refractivity contribution in [2.75, 3.05) is 18.1 Å². The first-order valence-corrected chi connectivity index (χ1v) is 6.52. The van der Waals surface area contributed by atoms with E-state index in [1.165, 1.54) is 6.07 Å². The molecule has 18 heavy (non-hydrogen) atoms. The van der Waals surface area contributed by atoms with Crippen LogP contribution in [0.15, 0.2) is 18.2 Å². The number of hydrogen-bond donors (Lipinski definition) is 1. The monoisotopic (exact) mass is 252 g/mol. The number of nitrogens with two attached hydrogens (primary N) is 1. The number of morpholine rings is 1. The molecule has 1 heterocycles. The minimum atomic E-state index is -0.189. The van der Waals surface area contributed by atoms with E-state index >= 15 is 0 Å². The fourth-order valence-electron chi connectivity index (χ4n) is 2.39. The summed E-state index contributed by atoms with van der Waals surface area (Å²) in [5.74, 6) is -0.189. The molecule has 2 rings (SSSR count). The molecule has 0 saturated carbocycles. The Kier molecular flexibility index (Phi) is 4.19. The molecule has 2 N–H and O–H groups in total. The van der Waals surface area contributed by atoms with Gasteiger partial charge in [0.25, 0.3) is 0 Å². The highest BCUT2D eigenvalue weighted by molar-refractivity contribution is 5.50. The molecule has 4 heteroatoms. The maximum absolute atomic E-state index is 14.1. The van der Waals surface area contributed by atoms with Crippen molar-refractivity contribution in [3.63, 3.8) is 0 Å². The third kappa shape index (κ3) is 2.65. The van der Waals surface area contributed by atoms with Gasteiger partial charge >= 0.3 is 0 Å². The maximum Gasteiger partial charge on any atom is 0.146 e. The van der Waals surface area contributed by atoms with Crippen LogP contribution in [0.2, 0.25) is 0 Å². The van der Waals surface area contributed by atoms with Crippen molar-refractivity contribution in [1.29, 1.82) is 0 Å². The lowest BCUT2D eigenvalue weighted by Crippen LogP contribution is -2.49. The minimum Gasteiger partial charge on any atom is -0.375 e. The summed E-state index contributed by atoms with van der Waals surface area (Å²) < 4.78 is 19.8. The highest BCUT2D eigenvalue weighted by Crippen LogP contribution is 2.26. The topological polar surface area (TPSA) is 38.5 Å². The molecule has 1 aliphatic rings. The van der Waals surface area contributed by atoms with Crippen molar-refractivity contribution in [2.24, 2.45) is 5.73 Å². The van der Waals surface area contributed by atoms with Crippen molar-refractivity contribution in [3.8, 4) is 0 Å². The van der Waals surface area contributed by atoms with Crippen LogP contribution in [0.4, 0.5) is 10.1 Å². The standard InChI is InChI=1S/C14H21FN2O/c1-3-12-9-18-10(2)8-17(12)14-5-4-11(7-16)6-13(14)15/h4-6,10,12H,3,7-9,16H2,1-2H3. The summed E-state index contributed by atoms with van der Waals surface area (Å²) in [5.41, 5.74) is 7.01. The number of benzene rings is 1. The van der Waals surface area contributed by atoms with Gasteiger partial charge in [-0.05, 0) is 31.0 Å². The van der Waals surface area contributed by atoms with Crippen LogP contribution in [-0.4, -0.2) is 25.3 Å². The molecule has 0 aromatic heterocycles. The molecule has 0 spiro atoms. The number of halogens is 1. The molecule has 3 nitrogen and oxygen atoms in total. The Morgan fingerprint density at radius 3 is 2.89 bits per heavy atom. The van der Waals surface area contributed by atoms with E-state index in [9.17, 15) is 4.39 Å². The van der Waals surface area contributed by atoms with Gasteiger partial charge in [0, 0.05) is 13.1 Å². The summed E-state index contributed by atoms with van der Waals surface area (Å²) in [7, 11) is 0. The molecular formula is C14H21FN2O. The molecule has 2 unspecified atom stereocenters. The third-order valence-electron chi connectivity index (χ3n) is 3.50. The highest BCUT2D eigenvalue weighted by Gasteiger charge is 2.27. The van der Waals surface area contributed by atoms with Gasteiger partial charge in [0.1, 0.15) is 5.82 Å². The SMILES string of the molecule is CCC1COC(C)CN1c1ccc(CN)cc1F. The average Bonchev–Trinajstić information content (AvgIpc) is 2.38. The van der Waals surface area contributed by atoms with Gasteiger partial charge in [0.15, 0.2) is 0 Å². The molecule has 1 aliphatic heterocycles. The quantitative estimate of drug-likeness (QED) is 0.897. The second kappa shape index (κ2) is 5.67. The normalized spacial score (nSPS) is 24.3. The number of ether oxygens (including phenoxy) is 1. The molecule has 1 fully saturated rings. The van der Waals surface area contributed by atoms with E-state index in [1.54, 1.807) is 0 Å². The molecule has 0 radical (unpaired) electrons. The van der Waals surface area contributed by atoms with Gasteiger partial charge in [-0.3, -0.25) is 0 Å². The predicted octanol–water partition coefficient (Wildman–Crippen LogP) is 2.29. The van der Waals surface area contributed by atoms with Gasteiger partial charge < -0.3 is 15.4 Å². The lowest BCUT2D eigenvalue weighted by molar-refractivity contribution is 0.0297. The zero-order chi connectivity index (χ0) is 13.1. The first-order valence-electron chi connectivity index (χ1n) is 6.52. The molecule has 0 aliphatic carbocycles. The molecule has 0 amide bonds. The minimum absolute atomic E-state index is 0.140. The van der Waals surface area contributed by atoms with Crippen LogP contribution in [0, 0.1) is 5.82 Å². The zero-order valence-electron chi connectivity index (χ0n) is 11.0. The van der Waals surface area contributed by atoms with Gasteiger partial charge in [-0.1, -0.05) is 13.0 Å². The molecule has 1 saturated heterocycles. The summed E-state index contributed by atoms with van der Waals surface area (Å²) in [4.78, 5) is 2.11. The molecular weight excluding hydrogens is 231 g/mol. The smallest absolute Gasteiger partial charge is 0.146 e. The van der Waals surface area contributed by atoms with Crippen LogP contribution in [0.3, 0.4) is 0 Å². The third-order valence-corrected chi connectivity index (χ3v) is 3.50. The van der Waals surface area contributed by atoms with Crippen molar-refractivity contribution >= 4 is 5.69 Å². The first kappa shape index (κ1) is 13.3. The Morgan fingerprint density at radius 1 is 1.50 bits per heavy atom. The number of nitrogens with zero attached hydrogens (tertiary/aromatic N) is 1. The van der Waals surface area contributed by atoms with Crippen LogP contribution in [0.25, 0.3) is 0 Å². The lowest BCUT2D eigenvalue weighted by atomic mass is 10.1. The van der Waals surface area contributed by atoms with Crippen molar-refractivity contribution in [1.82, 2.24) is 0 Å². The van der Waals surface area contributed by atoms with E-state index in [0.717, 1.165) is 18.5 Å². The Labute approximate surface area is 108 Å². The average molecular weight is 252 g/mol. The van der Waals surface area contributed by atoms with Gasteiger partial charge in [0.2, 0.25) is 0 Å². The zero-order valence-corrected chi connectivity index (χ0v) is 11.0. The Hall–Kier alpha value is -1.13. The Balaban J connectivity index is 2.27. The van der Waals surface area contributed by atoms with Gasteiger partial charge in [0.05, 0.1) is 24.4 Å². The van der Waals surface area contributed by atoms with Crippen LogP contribution >= 0.6 is 0 Å². The predicted molar refractivity (Wildman–Crippen MR) is 71.1 cm³/mol. The summed E-state index contributed by atoms with van der Waals surface area (Å²) in [6, 6.07) is 5.51. The molecule has 100 valence electrons. The first-order chi connectivity index (χ1) is 8.65. The van der Waals surface area contributed by atoms with Crippen LogP contribution < -0.4 is 10.6 Å². The van der Waals surface area contributed by atoms with E-state index in [-0.39, 0.29) is 18.0 Å². The van der Waals surface area contributed by atoms with Crippen LogP contribution in [-0.2, 0) is 11.3 Å². The van der Waals surface area contributed by atoms with Gasteiger partial charge in [-0.15, -0.1) is 0 Å². The van der Waals surface area contributed by atoms with Crippen LogP contribution in [0.5, 0.6) is 0 Å². The fraction of sp³-hybridized carbons (Fsp3) is 0.571. The van der Waals surface area contributed by atoms with E-state index in [1.807, 2.05) is 19.1 Å². The van der Waals surface area contributed by atoms with E-state index in [2.05, 4.69) is 11.8 Å². The number of hydrogen-bond acceptors (Lipinski definition) is 3. The molecule has 1 aromatic rings. The Bertz CT molecular complexity index is 411. The largest absolute Gasteiger partial charge is 0.375 e.